The zero-order chi connectivity index (χ0) is 15.5. The standard InChI is InChI=1S/C16H12Cl2N2OS/c1-10(13-4-2-3-5-14(13)18)22-16-20-19-15(21-16)11-6-8-12(17)9-7-11/h2-10H,1H3. The number of nitrogens with zero attached hydrogens (tertiary/aromatic N) is 2. The second-order valence-corrected chi connectivity index (χ2v) is 6.80. The van der Waals surface area contributed by atoms with Gasteiger partial charge >= 0.3 is 0 Å². The van der Waals surface area contributed by atoms with E-state index in [-0.39, 0.29) is 5.25 Å². The molecule has 0 aliphatic carbocycles. The highest BCUT2D eigenvalue weighted by atomic mass is 35.5. The lowest BCUT2D eigenvalue weighted by Gasteiger charge is -2.10. The monoisotopic (exact) mass is 350 g/mol. The van der Waals surface area contributed by atoms with Crippen LogP contribution in [0.3, 0.4) is 0 Å². The first kappa shape index (κ1) is 15.4. The van der Waals surface area contributed by atoms with Crippen molar-refractivity contribution in [1.29, 1.82) is 0 Å². The van der Waals surface area contributed by atoms with Crippen LogP contribution in [0, 0.1) is 0 Å². The minimum atomic E-state index is 0.118. The molecule has 112 valence electrons. The number of benzene rings is 2. The summed E-state index contributed by atoms with van der Waals surface area (Å²) in [5, 5.41) is 10.2. The van der Waals surface area contributed by atoms with Gasteiger partial charge < -0.3 is 4.42 Å². The van der Waals surface area contributed by atoms with E-state index in [0.717, 1.165) is 16.1 Å². The summed E-state index contributed by atoms with van der Waals surface area (Å²) >= 11 is 13.6. The highest BCUT2D eigenvalue weighted by Gasteiger charge is 2.15. The molecule has 0 spiro atoms. The van der Waals surface area contributed by atoms with E-state index >= 15 is 0 Å². The molecule has 0 fully saturated rings. The summed E-state index contributed by atoms with van der Waals surface area (Å²) in [6, 6.07) is 15.0. The summed E-state index contributed by atoms with van der Waals surface area (Å²) in [5.74, 6) is 0.477. The van der Waals surface area contributed by atoms with Gasteiger partial charge in [0.05, 0.1) is 0 Å². The first-order valence-electron chi connectivity index (χ1n) is 6.64. The SMILES string of the molecule is CC(Sc1nnc(-c2ccc(Cl)cc2)o1)c1ccccc1Cl. The van der Waals surface area contributed by atoms with Crippen molar-refractivity contribution in [2.45, 2.75) is 17.4 Å². The molecule has 1 aromatic heterocycles. The predicted octanol–water partition coefficient (Wildman–Crippen LogP) is 5.90. The Labute approximate surface area is 142 Å². The van der Waals surface area contributed by atoms with Crippen molar-refractivity contribution in [1.82, 2.24) is 10.2 Å². The van der Waals surface area contributed by atoms with E-state index in [2.05, 4.69) is 17.1 Å². The number of rotatable bonds is 4. The highest BCUT2D eigenvalue weighted by Crippen LogP contribution is 2.37. The number of hydrogen-bond donors (Lipinski definition) is 0. The molecule has 1 unspecified atom stereocenters. The van der Waals surface area contributed by atoms with Crippen molar-refractivity contribution in [3.05, 3.63) is 64.1 Å². The minimum absolute atomic E-state index is 0.118. The van der Waals surface area contributed by atoms with E-state index in [1.807, 2.05) is 36.4 Å². The van der Waals surface area contributed by atoms with Gasteiger partial charge in [0.15, 0.2) is 0 Å². The van der Waals surface area contributed by atoms with Crippen molar-refractivity contribution in [2.75, 3.05) is 0 Å². The van der Waals surface area contributed by atoms with Crippen LogP contribution in [-0.4, -0.2) is 10.2 Å². The second-order valence-electron chi connectivity index (χ2n) is 4.66. The van der Waals surface area contributed by atoms with Gasteiger partial charge in [0.25, 0.3) is 5.22 Å². The van der Waals surface area contributed by atoms with Crippen molar-refractivity contribution in [3.8, 4) is 11.5 Å². The van der Waals surface area contributed by atoms with Gasteiger partial charge in [-0.2, -0.15) is 0 Å². The van der Waals surface area contributed by atoms with Crippen LogP contribution in [0.1, 0.15) is 17.7 Å². The maximum atomic E-state index is 6.21. The van der Waals surface area contributed by atoms with Crippen LogP contribution in [0.15, 0.2) is 58.2 Å². The molecule has 0 saturated heterocycles. The fourth-order valence-electron chi connectivity index (χ4n) is 1.99. The molecular formula is C16H12Cl2N2OS. The average molecular weight is 351 g/mol. The summed E-state index contributed by atoms with van der Waals surface area (Å²) in [6.45, 7) is 2.05. The summed E-state index contributed by atoms with van der Waals surface area (Å²) in [7, 11) is 0. The van der Waals surface area contributed by atoms with Gasteiger partial charge in [-0.1, -0.05) is 53.2 Å². The third-order valence-corrected chi connectivity index (χ3v) is 4.69. The van der Waals surface area contributed by atoms with E-state index in [0.29, 0.717) is 16.1 Å². The first-order valence-corrected chi connectivity index (χ1v) is 8.27. The predicted molar refractivity (Wildman–Crippen MR) is 90.5 cm³/mol. The number of aromatic nitrogens is 2. The molecule has 0 amide bonds. The van der Waals surface area contributed by atoms with E-state index in [1.54, 1.807) is 12.1 Å². The van der Waals surface area contributed by atoms with Crippen LogP contribution in [0.5, 0.6) is 0 Å². The molecule has 3 aromatic rings. The summed E-state index contributed by atoms with van der Waals surface area (Å²) < 4.78 is 5.70. The molecule has 3 rings (SSSR count). The molecule has 0 radical (unpaired) electrons. The smallest absolute Gasteiger partial charge is 0.277 e. The molecule has 1 heterocycles. The van der Waals surface area contributed by atoms with Crippen molar-refractivity contribution in [2.24, 2.45) is 0 Å². The van der Waals surface area contributed by atoms with Gasteiger partial charge in [-0.15, -0.1) is 10.2 Å². The summed E-state index contributed by atoms with van der Waals surface area (Å²) in [4.78, 5) is 0. The Balaban J connectivity index is 1.77. The molecule has 0 N–H and O–H groups in total. The van der Waals surface area contributed by atoms with Gasteiger partial charge in [0.2, 0.25) is 5.89 Å². The average Bonchev–Trinajstić information content (AvgIpc) is 2.97. The van der Waals surface area contributed by atoms with Crippen LogP contribution in [0.4, 0.5) is 0 Å². The zero-order valence-corrected chi connectivity index (χ0v) is 14.0. The van der Waals surface area contributed by atoms with E-state index in [4.69, 9.17) is 27.6 Å². The zero-order valence-electron chi connectivity index (χ0n) is 11.7. The molecule has 0 aliphatic heterocycles. The van der Waals surface area contributed by atoms with Gasteiger partial charge in [-0.25, -0.2) is 0 Å². The van der Waals surface area contributed by atoms with Gasteiger partial charge in [-0.05, 0) is 42.8 Å². The van der Waals surface area contributed by atoms with Crippen molar-refractivity contribution < 1.29 is 4.42 Å². The van der Waals surface area contributed by atoms with Crippen LogP contribution < -0.4 is 0 Å². The van der Waals surface area contributed by atoms with Crippen LogP contribution in [-0.2, 0) is 0 Å². The van der Waals surface area contributed by atoms with Crippen molar-refractivity contribution in [3.63, 3.8) is 0 Å². The Morgan fingerprint density at radius 3 is 2.45 bits per heavy atom. The van der Waals surface area contributed by atoms with E-state index < -0.39 is 0 Å². The third-order valence-electron chi connectivity index (χ3n) is 3.12. The maximum absolute atomic E-state index is 6.21. The van der Waals surface area contributed by atoms with Crippen LogP contribution >= 0.6 is 35.0 Å². The van der Waals surface area contributed by atoms with Crippen molar-refractivity contribution >= 4 is 35.0 Å². The number of halogens is 2. The Bertz CT molecular complexity index is 774. The normalized spacial score (nSPS) is 12.3. The molecule has 0 aliphatic rings. The molecule has 3 nitrogen and oxygen atoms in total. The Hall–Kier alpha value is -1.49. The van der Waals surface area contributed by atoms with Crippen LogP contribution in [0.2, 0.25) is 10.0 Å². The lowest BCUT2D eigenvalue weighted by atomic mass is 10.2. The summed E-state index contributed by atoms with van der Waals surface area (Å²) in [5.41, 5.74) is 1.88. The molecule has 22 heavy (non-hydrogen) atoms. The quantitative estimate of drug-likeness (QED) is 0.549. The topological polar surface area (TPSA) is 38.9 Å². The third kappa shape index (κ3) is 3.46. The Kier molecular flexibility index (Phi) is 4.71. The van der Waals surface area contributed by atoms with Crippen LogP contribution in [0.25, 0.3) is 11.5 Å². The number of hydrogen-bond acceptors (Lipinski definition) is 4. The highest BCUT2D eigenvalue weighted by molar-refractivity contribution is 7.99. The van der Waals surface area contributed by atoms with E-state index in [9.17, 15) is 0 Å². The number of thioether (sulfide) groups is 1. The molecule has 6 heteroatoms. The van der Waals surface area contributed by atoms with Gasteiger partial charge in [0.1, 0.15) is 0 Å². The molecule has 0 bridgehead atoms. The molecular weight excluding hydrogens is 339 g/mol. The molecule has 0 saturated carbocycles. The maximum Gasteiger partial charge on any atom is 0.277 e. The Morgan fingerprint density at radius 1 is 1.00 bits per heavy atom. The fraction of sp³-hybridized carbons (Fsp3) is 0.125. The second kappa shape index (κ2) is 6.73. The lowest BCUT2D eigenvalue weighted by molar-refractivity contribution is 0.465. The largest absolute Gasteiger partial charge is 0.411 e. The molecule has 2 aromatic carbocycles. The van der Waals surface area contributed by atoms with E-state index in [1.165, 1.54) is 11.8 Å². The van der Waals surface area contributed by atoms with Gasteiger partial charge in [-0.3, -0.25) is 0 Å². The summed E-state index contributed by atoms with van der Waals surface area (Å²) in [6.07, 6.45) is 0. The fourth-order valence-corrected chi connectivity index (χ4v) is 3.33. The van der Waals surface area contributed by atoms with Gasteiger partial charge in [0, 0.05) is 20.9 Å². The first-order chi connectivity index (χ1) is 10.6. The Morgan fingerprint density at radius 2 is 1.73 bits per heavy atom. The lowest BCUT2D eigenvalue weighted by Crippen LogP contribution is -1.89. The molecule has 1 atom stereocenters. The minimum Gasteiger partial charge on any atom is -0.411 e.